The van der Waals surface area contributed by atoms with Crippen LogP contribution in [-0.4, -0.2) is 37.6 Å². The number of sulfonamides is 1. The van der Waals surface area contributed by atoms with Crippen molar-refractivity contribution in [2.75, 3.05) is 7.11 Å². The van der Waals surface area contributed by atoms with Gasteiger partial charge < -0.3 is 9.84 Å². The van der Waals surface area contributed by atoms with Gasteiger partial charge in [0.05, 0.1) is 18.1 Å². The van der Waals surface area contributed by atoms with Crippen LogP contribution in [0.25, 0.3) is 0 Å². The number of nitrogens with one attached hydrogen (secondary N) is 1. The average molecular weight is 346 g/mol. The van der Waals surface area contributed by atoms with E-state index in [1.807, 2.05) is 0 Å². The lowest BCUT2D eigenvalue weighted by atomic mass is 10.1. The van der Waals surface area contributed by atoms with Gasteiger partial charge in [0.2, 0.25) is 10.0 Å². The number of rotatable bonds is 8. The zero-order valence-electron chi connectivity index (χ0n) is 12.8. The van der Waals surface area contributed by atoms with E-state index in [9.17, 15) is 23.3 Å². The van der Waals surface area contributed by atoms with Crippen LogP contribution in [0.15, 0.2) is 23.1 Å². The maximum Gasteiger partial charge on any atom is 0.321 e. The summed E-state index contributed by atoms with van der Waals surface area (Å²) >= 11 is 0. The highest BCUT2D eigenvalue weighted by Crippen LogP contribution is 2.28. The summed E-state index contributed by atoms with van der Waals surface area (Å²) in [6, 6.07) is 1.68. The van der Waals surface area contributed by atoms with Crippen molar-refractivity contribution in [3.63, 3.8) is 0 Å². The first-order valence-corrected chi connectivity index (χ1v) is 8.14. The molecular formula is C13H18N2O7S. The van der Waals surface area contributed by atoms with E-state index in [2.05, 4.69) is 4.72 Å². The Kier molecular flexibility index (Phi) is 6.05. The van der Waals surface area contributed by atoms with Crippen LogP contribution in [0.5, 0.6) is 5.75 Å². The quantitative estimate of drug-likeness (QED) is 0.536. The van der Waals surface area contributed by atoms with Crippen LogP contribution in [0, 0.1) is 16.0 Å². The van der Waals surface area contributed by atoms with E-state index in [0.29, 0.717) is 0 Å². The number of carbonyl (C=O) groups is 1. The van der Waals surface area contributed by atoms with Crippen LogP contribution < -0.4 is 9.46 Å². The highest BCUT2D eigenvalue weighted by Gasteiger charge is 2.29. The first-order chi connectivity index (χ1) is 10.6. The third-order valence-electron chi connectivity index (χ3n) is 2.95. The van der Waals surface area contributed by atoms with Crippen LogP contribution in [0.4, 0.5) is 5.69 Å². The van der Waals surface area contributed by atoms with E-state index in [4.69, 9.17) is 9.84 Å². The Bertz CT molecular complexity index is 700. The third kappa shape index (κ3) is 4.89. The number of aliphatic carboxylic acids is 1. The molecule has 0 amide bonds. The summed E-state index contributed by atoms with van der Waals surface area (Å²) in [7, 11) is -3.05. The highest BCUT2D eigenvalue weighted by atomic mass is 32.2. The van der Waals surface area contributed by atoms with Crippen molar-refractivity contribution in [2.45, 2.75) is 31.2 Å². The predicted octanol–water partition coefficient (Wildman–Crippen LogP) is 1.38. The number of non-ortho nitro benzene ring substituents is 1. The van der Waals surface area contributed by atoms with Gasteiger partial charge in [-0.05, 0) is 18.4 Å². The van der Waals surface area contributed by atoms with Gasteiger partial charge >= 0.3 is 5.97 Å². The smallest absolute Gasteiger partial charge is 0.321 e. The number of nitrogens with zero attached hydrogens (tertiary/aromatic N) is 1. The lowest BCUT2D eigenvalue weighted by molar-refractivity contribution is -0.385. The van der Waals surface area contributed by atoms with Crippen molar-refractivity contribution in [2.24, 2.45) is 5.92 Å². The Balaban J connectivity index is 3.21. The van der Waals surface area contributed by atoms with Crippen LogP contribution in [0.1, 0.15) is 20.3 Å². The van der Waals surface area contributed by atoms with Gasteiger partial charge in [0.1, 0.15) is 16.7 Å². The summed E-state index contributed by atoms with van der Waals surface area (Å²) < 4.78 is 31.7. The molecule has 0 fully saturated rings. The molecule has 0 radical (unpaired) electrons. The molecular weight excluding hydrogens is 328 g/mol. The second-order valence-electron chi connectivity index (χ2n) is 5.23. The molecule has 1 unspecified atom stereocenters. The number of benzene rings is 1. The fraction of sp³-hybridized carbons (Fsp3) is 0.462. The van der Waals surface area contributed by atoms with E-state index in [-0.39, 0.29) is 28.7 Å². The van der Waals surface area contributed by atoms with Gasteiger partial charge in [-0.2, -0.15) is 4.72 Å². The van der Waals surface area contributed by atoms with Crippen molar-refractivity contribution >= 4 is 21.7 Å². The maximum atomic E-state index is 12.4. The fourth-order valence-electron chi connectivity index (χ4n) is 1.91. The molecule has 128 valence electrons. The monoisotopic (exact) mass is 346 g/mol. The molecule has 10 heteroatoms. The van der Waals surface area contributed by atoms with Crippen molar-refractivity contribution in [1.82, 2.24) is 4.72 Å². The summed E-state index contributed by atoms with van der Waals surface area (Å²) in [6.45, 7) is 3.52. The third-order valence-corrected chi connectivity index (χ3v) is 4.46. The molecule has 1 rings (SSSR count). The lowest BCUT2D eigenvalue weighted by Crippen LogP contribution is -2.41. The van der Waals surface area contributed by atoms with E-state index in [1.165, 1.54) is 7.11 Å². The van der Waals surface area contributed by atoms with Gasteiger partial charge in [0.25, 0.3) is 5.69 Å². The number of nitro benzene ring substituents is 1. The molecule has 1 atom stereocenters. The Labute approximate surface area is 133 Å². The Morgan fingerprint density at radius 2 is 2.04 bits per heavy atom. The molecule has 0 aliphatic carbocycles. The minimum Gasteiger partial charge on any atom is -0.495 e. The zero-order chi connectivity index (χ0) is 17.8. The SMILES string of the molecule is COc1cc([N+](=O)[O-])ccc1S(=O)(=O)NC(CC(C)C)C(=O)O. The second-order valence-corrected chi connectivity index (χ2v) is 6.92. The van der Waals surface area contributed by atoms with Gasteiger partial charge in [-0.25, -0.2) is 8.42 Å². The highest BCUT2D eigenvalue weighted by molar-refractivity contribution is 7.89. The minimum atomic E-state index is -4.21. The molecule has 0 aliphatic rings. The number of nitro groups is 1. The molecule has 23 heavy (non-hydrogen) atoms. The summed E-state index contributed by atoms with van der Waals surface area (Å²) in [5.74, 6) is -1.58. The minimum absolute atomic E-state index is 0.0439. The van der Waals surface area contributed by atoms with E-state index < -0.39 is 27.0 Å². The predicted molar refractivity (Wildman–Crippen MR) is 80.8 cm³/mol. The second kappa shape index (κ2) is 7.38. The normalized spacial score (nSPS) is 12.9. The van der Waals surface area contributed by atoms with Crippen molar-refractivity contribution < 1.29 is 28.0 Å². The van der Waals surface area contributed by atoms with E-state index >= 15 is 0 Å². The molecule has 0 heterocycles. The molecule has 9 nitrogen and oxygen atoms in total. The van der Waals surface area contributed by atoms with Crippen LogP contribution in [0.2, 0.25) is 0 Å². The van der Waals surface area contributed by atoms with Gasteiger partial charge in [0, 0.05) is 6.07 Å². The molecule has 1 aromatic rings. The lowest BCUT2D eigenvalue weighted by Gasteiger charge is -2.17. The number of carboxylic acids is 1. The molecule has 0 aromatic heterocycles. The van der Waals surface area contributed by atoms with Gasteiger partial charge in [0.15, 0.2) is 0 Å². The number of hydrogen-bond acceptors (Lipinski definition) is 6. The molecule has 0 spiro atoms. The van der Waals surface area contributed by atoms with Gasteiger partial charge in [-0.1, -0.05) is 13.8 Å². The maximum absolute atomic E-state index is 12.4. The van der Waals surface area contributed by atoms with Crippen molar-refractivity contribution in [3.05, 3.63) is 28.3 Å². The molecule has 0 saturated carbocycles. The fourth-order valence-corrected chi connectivity index (χ4v) is 3.27. The Morgan fingerprint density at radius 3 is 2.48 bits per heavy atom. The summed E-state index contributed by atoms with van der Waals surface area (Å²) in [5, 5.41) is 19.9. The van der Waals surface area contributed by atoms with E-state index in [0.717, 1.165) is 18.2 Å². The Hall–Kier alpha value is -2.20. The van der Waals surface area contributed by atoms with Crippen LogP contribution in [-0.2, 0) is 14.8 Å². The molecule has 0 bridgehead atoms. The van der Waals surface area contributed by atoms with Crippen LogP contribution in [0.3, 0.4) is 0 Å². The summed E-state index contributed by atoms with van der Waals surface area (Å²) in [6.07, 6.45) is 0.101. The van der Waals surface area contributed by atoms with Crippen molar-refractivity contribution in [1.29, 1.82) is 0 Å². The first kappa shape index (κ1) is 18.8. The number of ether oxygens (including phenoxy) is 1. The molecule has 0 aliphatic heterocycles. The van der Waals surface area contributed by atoms with Crippen molar-refractivity contribution in [3.8, 4) is 5.75 Å². The number of methoxy groups -OCH3 is 1. The first-order valence-electron chi connectivity index (χ1n) is 6.66. The number of carboxylic acid groups (broad SMARTS) is 1. The molecule has 2 N–H and O–H groups in total. The Morgan fingerprint density at radius 1 is 1.43 bits per heavy atom. The van der Waals surface area contributed by atoms with Gasteiger partial charge in [-0.15, -0.1) is 0 Å². The summed E-state index contributed by atoms with van der Waals surface area (Å²) in [4.78, 5) is 20.9. The van der Waals surface area contributed by atoms with Crippen LogP contribution >= 0.6 is 0 Å². The largest absolute Gasteiger partial charge is 0.495 e. The molecule has 0 saturated heterocycles. The van der Waals surface area contributed by atoms with Gasteiger partial charge in [-0.3, -0.25) is 14.9 Å². The molecule has 1 aromatic carbocycles. The average Bonchev–Trinajstić information content (AvgIpc) is 2.44. The topological polar surface area (TPSA) is 136 Å². The van der Waals surface area contributed by atoms with E-state index in [1.54, 1.807) is 13.8 Å². The summed E-state index contributed by atoms with van der Waals surface area (Å²) in [5.41, 5.74) is -0.335. The number of hydrogen-bond donors (Lipinski definition) is 2. The standard InChI is InChI=1S/C13H18N2O7S/c1-8(2)6-10(13(16)17)14-23(20,21)12-5-4-9(15(18)19)7-11(12)22-3/h4-5,7-8,10,14H,6H2,1-3H3,(H,16,17). The zero-order valence-corrected chi connectivity index (χ0v) is 13.7.